The topological polar surface area (TPSA) is 54.0 Å². The van der Waals surface area contributed by atoms with Crippen molar-refractivity contribution in [1.29, 1.82) is 0 Å². The number of nitrogens with zero attached hydrogens (tertiary/aromatic N) is 1. The van der Waals surface area contributed by atoms with E-state index in [4.69, 9.17) is 11.6 Å². The Morgan fingerprint density at radius 2 is 2.00 bits per heavy atom. The summed E-state index contributed by atoms with van der Waals surface area (Å²) in [6, 6.07) is 6.26. The number of benzene rings is 1. The Hall–Kier alpha value is -2.28. The molecule has 0 fully saturated rings. The molecule has 2 rings (SSSR count). The van der Waals surface area contributed by atoms with Crippen LogP contribution in [0.5, 0.6) is 0 Å². The van der Waals surface area contributed by atoms with E-state index in [1.54, 1.807) is 0 Å². The van der Waals surface area contributed by atoms with Crippen LogP contribution in [-0.4, -0.2) is 16.9 Å². The lowest BCUT2D eigenvalue weighted by molar-refractivity contribution is -0.136. The molecule has 134 valence electrons. The second kappa shape index (κ2) is 7.74. The van der Waals surface area contributed by atoms with Crippen LogP contribution in [0.25, 0.3) is 0 Å². The molecule has 1 unspecified atom stereocenters. The monoisotopic (exact) mass is 371 g/mol. The number of carbonyl (C=O) groups excluding carboxylic acids is 1. The van der Waals surface area contributed by atoms with Crippen molar-refractivity contribution < 1.29 is 18.0 Å². The summed E-state index contributed by atoms with van der Waals surface area (Å²) in [4.78, 5) is 16.4. The number of anilines is 2. The van der Waals surface area contributed by atoms with Crippen molar-refractivity contribution in [2.75, 3.05) is 10.6 Å². The van der Waals surface area contributed by atoms with Crippen LogP contribution in [0, 0.1) is 0 Å². The van der Waals surface area contributed by atoms with Gasteiger partial charge in [-0.1, -0.05) is 18.5 Å². The summed E-state index contributed by atoms with van der Waals surface area (Å²) >= 11 is 5.63. The molecule has 1 aromatic heterocycles. The molecule has 1 atom stereocenters. The van der Waals surface area contributed by atoms with Gasteiger partial charge in [0.05, 0.1) is 11.3 Å². The highest BCUT2D eigenvalue weighted by molar-refractivity contribution is 6.30. The highest BCUT2D eigenvalue weighted by Crippen LogP contribution is 2.36. The molecule has 0 saturated carbocycles. The average Bonchev–Trinajstić information content (AvgIpc) is 2.55. The van der Waals surface area contributed by atoms with Gasteiger partial charge >= 0.3 is 6.18 Å². The van der Waals surface area contributed by atoms with Gasteiger partial charge in [0.1, 0.15) is 5.82 Å². The molecule has 1 amide bonds. The third-order valence-electron chi connectivity index (χ3n) is 3.56. The molecule has 0 aliphatic carbocycles. The van der Waals surface area contributed by atoms with Crippen molar-refractivity contribution >= 4 is 29.0 Å². The molecule has 0 aliphatic heterocycles. The largest absolute Gasteiger partial charge is 0.418 e. The molecule has 0 spiro atoms. The SMILES string of the molecule is CCC(C)Nc1cc(C(=O)Nc2ccc(Cl)cc2C(F)(F)F)ccn1. The summed E-state index contributed by atoms with van der Waals surface area (Å²) in [6.45, 7) is 3.95. The van der Waals surface area contributed by atoms with E-state index in [1.807, 2.05) is 13.8 Å². The quantitative estimate of drug-likeness (QED) is 0.758. The van der Waals surface area contributed by atoms with Crippen molar-refractivity contribution in [1.82, 2.24) is 4.98 Å². The van der Waals surface area contributed by atoms with E-state index < -0.39 is 17.6 Å². The summed E-state index contributed by atoms with van der Waals surface area (Å²) in [7, 11) is 0. The van der Waals surface area contributed by atoms with Crippen LogP contribution >= 0.6 is 11.6 Å². The minimum absolute atomic E-state index is 0.0609. The normalized spacial score (nSPS) is 12.6. The average molecular weight is 372 g/mol. The molecule has 0 bridgehead atoms. The number of carbonyl (C=O) groups is 1. The summed E-state index contributed by atoms with van der Waals surface area (Å²) in [5.74, 6) is -0.184. The van der Waals surface area contributed by atoms with Crippen molar-refractivity contribution in [3.63, 3.8) is 0 Å². The Morgan fingerprint density at radius 1 is 1.28 bits per heavy atom. The second-order valence-electron chi connectivity index (χ2n) is 5.53. The number of amides is 1. The Bertz CT molecular complexity index is 765. The predicted octanol–water partition coefficient (Wildman–Crippen LogP) is 5.22. The van der Waals surface area contributed by atoms with Gasteiger partial charge in [0.15, 0.2) is 0 Å². The lowest BCUT2D eigenvalue weighted by Gasteiger charge is -2.15. The molecular weight excluding hydrogens is 355 g/mol. The van der Waals surface area contributed by atoms with Crippen LogP contribution in [-0.2, 0) is 6.18 Å². The van der Waals surface area contributed by atoms with Crippen molar-refractivity contribution in [3.05, 3.63) is 52.7 Å². The fourth-order valence-corrected chi connectivity index (χ4v) is 2.23. The standard InChI is InChI=1S/C17H17ClF3N3O/c1-3-10(2)23-15-8-11(6-7-22-15)16(25)24-14-5-4-12(18)9-13(14)17(19,20)21/h4-10H,3H2,1-2H3,(H,22,23)(H,24,25). The Labute approximate surface area is 148 Å². The first-order valence-electron chi connectivity index (χ1n) is 7.61. The van der Waals surface area contributed by atoms with E-state index in [2.05, 4.69) is 15.6 Å². The summed E-state index contributed by atoms with van der Waals surface area (Å²) in [5.41, 5.74) is -1.15. The van der Waals surface area contributed by atoms with Gasteiger partial charge in [-0.2, -0.15) is 13.2 Å². The van der Waals surface area contributed by atoms with Gasteiger partial charge in [-0.15, -0.1) is 0 Å². The number of halogens is 4. The second-order valence-corrected chi connectivity index (χ2v) is 5.96. The van der Waals surface area contributed by atoms with Crippen LogP contribution in [0.3, 0.4) is 0 Å². The fourth-order valence-electron chi connectivity index (χ4n) is 2.06. The van der Waals surface area contributed by atoms with Crippen molar-refractivity contribution in [2.24, 2.45) is 0 Å². The Kier molecular flexibility index (Phi) is 5.89. The van der Waals surface area contributed by atoms with E-state index in [0.29, 0.717) is 5.82 Å². The maximum atomic E-state index is 13.1. The summed E-state index contributed by atoms with van der Waals surface area (Å²) < 4.78 is 39.3. The van der Waals surface area contributed by atoms with Crippen LogP contribution in [0.2, 0.25) is 5.02 Å². The fraction of sp³-hybridized carbons (Fsp3) is 0.294. The smallest absolute Gasteiger partial charge is 0.368 e. The number of aromatic nitrogens is 1. The Morgan fingerprint density at radius 3 is 2.64 bits per heavy atom. The summed E-state index contributed by atoms with van der Waals surface area (Å²) in [6.07, 6.45) is -2.35. The molecule has 0 saturated heterocycles. The van der Waals surface area contributed by atoms with Crippen LogP contribution in [0.4, 0.5) is 24.7 Å². The maximum Gasteiger partial charge on any atom is 0.418 e. The van der Waals surface area contributed by atoms with E-state index in [9.17, 15) is 18.0 Å². The van der Waals surface area contributed by atoms with E-state index >= 15 is 0 Å². The van der Waals surface area contributed by atoms with Crippen LogP contribution < -0.4 is 10.6 Å². The number of alkyl halides is 3. The summed E-state index contributed by atoms with van der Waals surface area (Å²) in [5, 5.41) is 5.33. The zero-order valence-electron chi connectivity index (χ0n) is 13.6. The number of rotatable bonds is 5. The first kappa shape index (κ1) is 19.1. The first-order valence-corrected chi connectivity index (χ1v) is 7.99. The van der Waals surface area contributed by atoms with Crippen molar-refractivity contribution in [2.45, 2.75) is 32.5 Å². The number of nitrogens with one attached hydrogen (secondary N) is 2. The number of hydrogen-bond donors (Lipinski definition) is 2. The maximum absolute atomic E-state index is 13.1. The van der Waals surface area contributed by atoms with E-state index in [-0.39, 0.29) is 22.3 Å². The predicted molar refractivity (Wildman–Crippen MR) is 92.0 cm³/mol. The molecule has 1 heterocycles. The number of hydrogen-bond acceptors (Lipinski definition) is 3. The molecule has 8 heteroatoms. The first-order chi connectivity index (χ1) is 11.7. The third-order valence-corrected chi connectivity index (χ3v) is 3.80. The molecular formula is C17H17ClF3N3O. The highest BCUT2D eigenvalue weighted by Gasteiger charge is 2.34. The third kappa shape index (κ3) is 5.09. The van der Waals surface area contributed by atoms with Crippen LogP contribution in [0.1, 0.15) is 36.2 Å². The van der Waals surface area contributed by atoms with Gasteiger partial charge in [-0.25, -0.2) is 4.98 Å². The minimum Gasteiger partial charge on any atom is -0.368 e. The Balaban J connectivity index is 2.25. The molecule has 0 radical (unpaired) electrons. The highest BCUT2D eigenvalue weighted by atomic mass is 35.5. The van der Waals surface area contributed by atoms with E-state index in [1.165, 1.54) is 24.4 Å². The van der Waals surface area contributed by atoms with E-state index in [0.717, 1.165) is 18.6 Å². The molecule has 1 aromatic carbocycles. The minimum atomic E-state index is -4.63. The zero-order chi connectivity index (χ0) is 18.6. The molecule has 4 nitrogen and oxygen atoms in total. The van der Waals surface area contributed by atoms with Gasteiger partial charge in [0, 0.05) is 22.8 Å². The lowest BCUT2D eigenvalue weighted by atomic mass is 10.1. The molecule has 0 aliphatic rings. The van der Waals surface area contributed by atoms with Gasteiger partial charge in [-0.3, -0.25) is 4.79 Å². The van der Waals surface area contributed by atoms with Gasteiger partial charge < -0.3 is 10.6 Å². The number of pyridine rings is 1. The molecule has 2 N–H and O–H groups in total. The van der Waals surface area contributed by atoms with Crippen LogP contribution in [0.15, 0.2) is 36.5 Å². The molecule has 25 heavy (non-hydrogen) atoms. The van der Waals surface area contributed by atoms with Gasteiger partial charge in [0.25, 0.3) is 5.91 Å². The van der Waals surface area contributed by atoms with Gasteiger partial charge in [-0.05, 0) is 43.7 Å². The van der Waals surface area contributed by atoms with Crippen molar-refractivity contribution in [3.8, 4) is 0 Å². The zero-order valence-corrected chi connectivity index (χ0v) is 14.4. The lowest BCUT2D eigenvalue weighted by Crippen LogP contribution is -2.18. The van der Waals surface area contributed by atoms with Gasteiger partial charge in [0.2, 0.25) is 0 Å². The molecule has 2 aromatic rings.